The van der Waals surface area contributed by atoms with E-state index < -0.39 is 6.10 Å². The van der Waals surface area contributed by atoms with E-state index in [1.165, 1.54) is 109 Å². The third-order valence-electron chi connectivity index (χ3n) is 10.9. The number of ether oxygens (including phenoxy) is 3. The lowest BCUT2D eigenvalue weighted by Crippen LogP contribution is -2.30. The summed E-state index contributed by atoms with van der Waals surface area (Å²) >= 11 is 0. The van der Waals surface area contributed by atoms with Crippen LogP contribution >= 0.6 is 0 Å². The zero-order valence-corrected chi connectivity index (χ0v) is 40.9. The van der Waals surface area contributed by atoms with Crippen molar-refractivity contribution in [2.75, 3.05) is 19.8 Å². The van der Waals surface area contributed by atoms with Crippen LogP contribution in [0.1, 0.15) is 239 Å². The minimum absolute atomic E-state index is 0.0714. The van der Waals surface area contributed by atoms with E-state index in [2.05, 4.69) is 106 Å². The van der Waals surface area contributed by atoms with Gasteiger partial charge in [-0.25, -0.2) is 0 Å². The third kappa shape index (κ3) is 49.7. The average Bonchev–Trinajstić information content (AvgIpc) is 3.27. The molecule has 0 fully saturated rings. The maximum absolute atomic E-state index is 12.7. The fourth-order valence-corrected chi connectivity index (χ4v) is 7.04. The number of hydrogen-bond acceptors (Lipinski definition) is 5. The highest BCUT2D eigenvalue weighted by atomic mass is 16.6. The number of esters is 2. The van der Waals surface area contributed by atoms with E-state index in [-0.39, 0.29) is 25.2 Å². The second kappa shape index (κ2) is 52.4. The Hall–Kier alpha value is -2.92. The van der Waals surface area contributed by atoms with E-state index >= 15 is 0 Å². The topological polar surface area (TPSA) is 61.8 Å². The average molecular weight is 863 g/mol. The van der Waals surface area contributed by atoms with E-state index in [1.807, 2.05) is 0 Å². The maximum atomic E-state index is 12.7. The lowest BCUT2D eigenvalue weighted by atomic mass is 10.1. The Bertz CT molecular complexity index is 1160. The molecule has 0 N–H and O–H groups in total. The van der Waals surface area contributed by atoms with Gasteiger partial charge in [-0.3, -0.25) is 9.59 Å². The summed E-state index contributed by atoms with van der Waals surface area (Å²) in [6, 6.07) is 0. The minimum Gasteiger partial charge on any atom is -0.462 e. The molecule has 0 heterocycles. The molecule has 0 saturated carbocycles. The first kappa shape index (κ1) is 59.1. The van der Waals surface area contributed by atoms with Crippen molar-refractivity contribution >= 4 is 11.9 Å². The van der Waals surface area contributed by atoms with Gasteiger partial charge in [0.2, 0.25) is 0 Å². The van der Waals surface area contributed by atoms with Crippen molar-refractivity contribution in [1.29, 1.82) is 0 Å². The van der Waals surface area contributed by atoms with Crippen molar-refractivity contribution in [2.45, 2.75) is 245 Å². The standard InChI is InChI=1S/C57H98O5/c1-4-7-10-13-16-18-20-22-24-26-28-30-32-34-36-38-40-43-46-49-52-60-53-55(62-57(59)51-48-45-41-15-12-9-6-3)54-61-56(58)50-47-44-42-39-37-35-33-31-29-27-25-23-21-19-17-14-11-8-5-2/h7,10,16-19,22-25,28-31,55H,4-6,8-9,11-15,20-21,26-27,32-54H2,1-3H3/b10-7-,18-16-,19-17-,24-22-,25-23-,30-28-,31-29-. The van der Waals surface area contributed by atoms with Gasteiger partial charge >= 0.3 is 11.9 Å². The van der Waals surface area contributed by atoms with Crippen molar-refractivity contribution in [2.24, 2.45) is 0 Å². The first-order chi connectivity index (χ1) is 30.6. The molecule has 0 aliphatic rings. The summed E-state index contributed by atoms with van der Waals surface area (Å²) in [5.74, 6) is -0.423. The van der Waals surface area contributed by atoms with Gasteiger partial charge in [-0.15, -0.1) is 0 Å². The molecular formula is C57H98O5. The van der Waals surface area contributed by atoms with Gasteiger partial charge < -0.3 is 14.2 Å². The molecule has 0 spiro atoms. The van der Waals surface area contributed by atoms with Crippen LogP contribution in [0.5, 0.6) is 0 Å². The molecule has 62 heavy (non-hydrogen) atoms. The second-order valence-corrected chi connectivity index (χ2v) is 17.0. The molecule has 0 amide bonds. The van der Waals surface area contributed by atoms with Crippen LogP contribution < -0.4 is 0 Å². The van der Waals surface area contributed by atoms with Gasteiger partial charge in [-0.05, 0) is 96.3 Å². The van der Waals surface area contributed by atoms with Crippen LogP contribution in [0.15, 0.2) is 85.1 Å². The van der Waals surface area contributed by atoms with Gasteiger partial charge in [0.15, 0.2) is 6.10 Å². The Balaban J connectivity index is 4.16. The molecule has 0 aliphatic carbocycles. The number of rotatable bonds is 47. The zero-order chi connectivity index (χ0) is 44.9. The maximum Gasteiger partial charge on any atom is 0.306 e. The number of carbonyl (C=O) groups excluding carboxylic acids is 2. The summed E-state index contributed by atoms with van der Waals surface area (Å²) in [4.78, 5) is 25.3. The van der Waals surface area contributed by atoms with Gasteiger partial charge in [0.1, 0.15) is 6.61 Å². The zero-order valence-electron chi connectivity index (χ0n) is 40.9. The lowest BCUT2D eigenvalue weighted by molar-refractivity contribution is -0.163. The molecular weight excluding hydrogens is 765 g/mol. The molecule has 0 rings (SSSR count). The van der Waals surface area contributed by atoms with Crippen molar-refractivity contribution in [3.63, 3.8) is 0 Å². The van der Waals surface area contributed by atoms with E-state index in [0.29, 0.717) is 19.4 Å². The summed E-state index contributed by atoms with van der Waals surface area (Å²) in [5.41, 5.74) is 0. The number of hydrogen-bond donors (Lipinski definition) is 0. The number of carbonyl (C=O) groups is 2. The van der Waals surface area contributed by atoms with Crippen LogP contribution in [0.2, 0.25) is 0 Å². The van der Waals surface area contributed by atoms with Crippen LogP contribution in [0.3, 0.4) is 0 Å². The van der Waals surface area contributed by atoms with Gasteiger partial charge in [0.25, 0.3) is 0 Å². The van der Waals surface area contributed by atoms with Gasteiger partial charge in [-0.2, -0.15) is 0 Å². The Morgan fingerprint density at radius 2 is 0.726 bits per heavy atom. The predicted octanol–water partition coefficient (Wildman–Crippen LogP) is 17.7. The summed E-state index contributed by atoms with van der Waals surface area (Å²) < 4.78 is 17.3. The molecule has 0 bridgehead atoms. The molecule has 1 unspecified atom stereocenters. The van der Waals surface area contributed by atoms with Crippen molar-refractivity contribution in [1.82, 2.24) is 0 Å². The summed E-state index contributed by atoms with van der Waals surface area (Å²) in [7, 11) is 0. The summed E-state index contributed by atoms with van der Waals surface area (Å²) in [6.45, 7) is 7.62. The molecule has 0 aromatic rings. The highest BCUT2D eigenvalue weighted by molar-refractivity contribution is 5.70. The van der Waals surface area contributed by atoms with E-state index in [9.17, 15) is 9.59 Å². The number of unbranched alkanes of at least 4 members (excludes halogenated alkanes) is 22. The predicted molar refractivity (Wildman–Crippen MR) is 270 cm³/mol. The highest BCUT2D eigenvalue weighted by Crippen LogP contribution is 2.13. The van der Waals surface area contributed by atoms with Crippen LogP contribution in [0.4, 0.5) is 0 Å². The SMILES string of the molecule is CC/C=C\C/C=C\C/C=C\C/C=C\CCCCCCCCCOCC(COC(=O)CCCCCCCC/C=C\C/C=C\C/C=C\CCCCC)OC(=O)CCCCCCCCC. The fourth-order valence-electron chi connectivity index (χ4n) is 7.04. The van der Waals surface area contributed by atoms with Gasteiger partial charge in [-0.1, -0.05) is 215 Å². The van der Waals surface area contributed by atoms with Crippen LogP contribution in [0, 0.1) is 0 Å². The van der Waals surface area contributed by atoms with Crippen molar-refractivity contribution in [3.8, 4) is 0 Å². The number of allylic oxidation sites excluding steroid dienone is 14. The quantitative estimate of drug-likeness (QED) is 0.0346. The van der Waals surface area contributed by atoms with E-state index in [1.54, 1.807) is 0 Å². The lowest BCUT2D eigenvalue weighted by Gasteiger charge is -2.18. The fraction of sp³-hybridized carbons (Fsp3) is 0.719. The normalized spacial score (nSPS) is 12.9. The minimum atomic E-state index is -0.548. The van der Waals surface area contributed by atoms with Gasteiger partial charge in [0, 0.05) is 19.4 Å². The first-order valence-electron chi connectivity index (χ1n) is 26.1. The van der Waals surface area contributed by atoms with Crippen LogP contribution in [-0.2, 0) is 23.8 Å². The molecule has 0 aromatic carbocycles. The third-order valence-corrected chi connectivity index (χ3v) is 10.9. The first-order valence-corrected chi connectivity index (χ1v) is 26.1. The Morgan fingerprint density at radius 1 is 0.371 bits per heavy atom. The van der Waals surface area contributed by atoms with E-state index in [0.717, 1.165) is 96.3 Å². The molecule has 356 valence electrons. The largest absolute Gasteiger partial charge is 0.462 e. The molecule has 0 saturated heterocycles. The van der Waals surface area contributed by atoms with Crippen LogP contribution in [0.25, 0.3) is 0 Å². The molecule has 0 aliphatic heterocycles. The Morgan fingerprint density at radius 3 is 1.19 bits per heavy atom. The summed E-state index contributed by atoms with van der Waals surface area (Å²) in [5, 5.41) is 0. The highest BCUT2D eigenvalue weighted by Gasteiger charge is 2.17. The van der Waals surface area contributed by atoms with Crippen molar-refractivity contribution < 1.29 is 23.8 Å². The monoisotopic (exact) mass is 863 g/mol. The Kier molecular flexibility index (Phi) is 50.0. The molecule has 1 atom stereocenters. The molecule has 0 aromatic heterocycles. The smallest absolute Gasteiger partial charge is 0.306 e. The van der Waals surface area contributed by atoms with Crippen LogP contribution in [-0.4, -0.2) is 37.9 Å². The second-order valence-electron chi connectivity index (χ2n) is 17.0. The molecule has 5 nitrogen and oxygen atoms in total. The molecule has 5 heteroatoms. The summed E-state index contributed by atoms with van der Waals surface area (Å²) in [6.07, 6.45) is 68.9. The van der Waals surface area contributed by atoms with Crippen molar-refractivity contribution in [3.05, 3.63) is 85.1 Å². The Labute approximate surface area is 384 Å². The van der Waals surface area contributed by atoms with Gasteiger partial charge in [0.05, 0.1) is 6.61 Å². The molecule has 0 radical (unpaired) electrons. The van der Waals surface area contributed by atoms with E-state index in [4.69, 9.17) is 14.2 Å².